The molecule has 1 atom stereocenters. The van der Waals surface area contributed by atoms with Crippen molar-refractivity contribution >= 4 is 5.91 Å². The second-order valence-electron chi connectivity index (χ2n) is 6.43. The maximum absolute atomic E-state index is 12.4. The van der Waals surface area contributed by atoms with Crippen LogP contribution >= 0.6 is 0 Å². The van der Waals surface area contributed by atoms with Crippen LogP contribution in [0.5, 0.6) is 0 Å². The fraction of sp³-hybridized carbons (Fsp3) is 0.625. The predicted octanol–water partition coefficient (Wildman–Crippen LogP) is 2.25. The number of aromatic amines is 1. The van der Waals surface area contributed by atoms with E-state index in [0.29, 0.717) is 25.3 Å². The van der Waals surface area contributed by atoms with E-state index in [1.807, 2.05) is 24.9 Å². The fourth-order valence-electron chi connectivity index (χ4n) is 2.88. The molecular formula is C16H23N5O2. The van der Waals surface area contributed by atoms with Gasteiger partial charge in [-0.1, -0.05) is 19.0 Å². The van der Waals surface area contributed by atoms with Crippen LogP contribution in [0.3, 0.4) is 0 Å². The van der Waals surface area contributed by atoms with Crippen LogP contribution in [0.2, 0.25) is 0 Å². The smallest absolute Gasteiger partial charge is 0.231 e. The van der Waals surface area contributed by atoms with Crippen molar-refractivity contribution in [2.75, 3.05) is 13.1 Å². The van der Waals surface area contributed by atoms with E-state index >= 15 is 0 Å². The van der Waals surface area contributed by atoms with Crippen LogP contribution in [-0.2, 0) is 11.2 Å². The van der Waals surface area contributed by atoms with Gasteiger partial charge in [0.15, 0.2) is 5.82 Å². The molecule has 0 radical (unpaired) electrons. The number of H-pyrrole nitrogens is 1. The van der Waals surface area contributed by atoms with E-state index in [4.69, 9.17) is 4.52 Å². The summed E-state index contributed by atoms with van der Waals surface area (Å²) in [6.07, 6.45) is 6.78. The van der Waals surface area contributed by atoms with Gasteiger partial charge in [0, 0.05) is 31.6 Å². The van der Waals surface area contributed by atoms with Gasteiger partial charge in [-0.25, -0.2) is 0 Å². The summed E-state index contributed by atoms with van der Waals surface area (Å²) in [5, 5.41) is 10.7. The molecule has 1 aliphatic rings. The molecule has 3 rings (SSSR count). The number of carbonyl (C=O) groups is 1. The number of rotatable bonds is 5. The van der Waals surface area contributed by atoms with Crippen molar-refractivity contribution in [3.63, 3.8) is 0 Å². The molecule has 1 amide bonds. The minimum atomic E-state index is 0.154. The first-order valence-corrected chi connectivity index (χ1v) is 8.22. The molecule has 1 saturated heterocycles. The van der Waals surface area contributed by atoms with E-state index < -0.39 is 0 Å². The molecule has 0 aliphatic carbocycles. The first-order valence-electron chi connectivity index (χ1n) is 8.22. The average molecular weight is 317 g/mol. The van der Waals surface area contributed by atoms with Gasteiger partial charge in [0.05, 0.1) is 12.1 Å². The summed E-state index contributed by atoms with van der Waals surface area (Å²) in [5.41, 5.74) is 1.06. The lowest BCUT2D eigenvalue weighted by molar-refractivity contribution is -0.132. The summed E-state index contributed by atoms with van der Waals surface area (Å²) < 4.78 is 5.40. The number of piperidine rings is 1. The second-order valence-corrected chi connectivity index (χ2v) is 6.43. The Morgan fingerprint density at radius 3 is 3.09 bits per heavy atom. The molecule has 1 unspecified atom stereocenters. The summed E-state index contributed by atoms with van der Waals surface area (Å²) in [5.74, 6) is 1.99. The molecule has 23 heavy (non-hydrogen) atoms. The molecule has 2 aromatic heterocycles. The molecule has 124 valence electrons. The number of hydrogen-bond acceptors (Lipinski definition) is 5. The molecule has 0 bridgehead atoms. The number of aryl methyl sites for hydroxylation is 1. The largest absolute Gasteiger partial charge is 0.342 e. The predicted molar refractivity (Wildman–Crippen MR) is 83.9 cm³/mol. The average Bonchev–Trinajstić information content (AvgIpc) is 3.24. The van der Waals surface area contributed by atoms with E-state index in [0.717, 1.165) is 30.8 Å². The van der Waals surface area contributed by atoms with Crippen LogP contribution in [0, 0.1) is 0 Å². The van der Waals surface area contributed by atoms with Crippen molar-refractivity contribution in [1.82, 2.24) is 25.2 Å². The molecule has 3 heterocycles. The molecule has 1 aliphatic heterocycles. The lowest BCUT2D eigenvalue weighted by atomic mass is 9.97. The van der Waals surface area contributed by atoms with Gasteiger partial charge in [-0.15, -0.1) is 0 Å². The van der Waals surface area contributed by atoms with Gasteiger partial charge >= 0.3 is 0 Å². The number of nitrogens with zero attached hydrogens (tertiary/aromatic N) is 4. The van der Waals surface area contributed by atoms with Crippen molar-refractivity contribution in [2.45, 2.75) is 51.4 Å². The fourth-order valence-corrected chi connectivity index (χ4v) is 2.88. The maximum Gasteiger partial charge on any atom is 0.231 e. The first-order chi connectivity index (χ1) is 11.1. The zero-order chi connectivity index (χ0) is 16.2. The van der Waals surface area contributed by atoms with Crippen LogP contribution in [0.25, 0.3) is 0 Å². The summed E-state index contributed by atoms with van der Waals surface area (Å²) in [7, 11) is 0. The zero-order valence-corrected chi connectivity index (χ0v) is 13.7. The van der Waals surface area contributed by atoms with Crippen molar-refractivity contribution in [2.24, 2.45) is 0 Å². The van der Waals surface area contributed by atoms with Crippen molar-refractivity contribution in [1.29, 1.82) is 0 Å². The maximum atomic E-state index is 12.4. The molecule has 7 heteroatoms. The van der Waals surface area contributed by atoms with Gasteiger partial charge in [0.25, 0.3) is 0 Å². The van der Waals surface area contributed by atoms with Gasteiger partial charge in [-0.2, -0.15) is 10.1 Å². The lowest BCUT2D eigenvalue weighted by Gasteiger charge is -2.31. The molecule has 1 N–H and O–H groups in total. The van der Waals surface area contributed by atoms with Gasteiger partial charge < -0.3 is 9.42 Å². The standard InChI is InChI=1S/C16H23N5O2/c1-11(2)15-19-16(23-20-15)13-4-3-7-21(10-13)14(22)6-5-12-8-17-18-9-12/h8-9,11,13H,3-7,10H2,1-2H3,(H,17,18). The number of amides is 1. The molecule has 7 nitrogen and oxygen atoms in total. The second kappa shape index (κ2) is 6.93. The topological polar surface area (TPSA) is 87.9 Å². The number of nitrogens with one attached hydrogen (secondary N) is 1. The highest BCUT2D eigenvalue weighted by atomic mass is 16.5. The number of carbonyl (C=O) groups excluding carboxylic acids is 1. The van der Waals surface area contributed by atoms with E-state index in [1.165, 1.54) is 0 Å². The van der Waals surface area contributed by atoms with E-state index in [9.17, 15) is 4.79 Å². The number of aromatic nitrogens is 4. The van der Waals surface area contributed by atoms with Gasteiger partial charge in [-0.3, -0.25) is 9.89 Å². The zero-order valence-electron chi connectivity index (χ0n) is 13.7. The van der Waals surface area contributed by atoms with Crippen LogP contribution in [-0.4, -0.2) is 44.2 Å². The van der Waals surface area contributed by atoms with Crippen LogP contribution in [0.1, 0.15) is 62.2 Å². The summed E-state index contributed by atoms with van der Waals surface area (Å²) in [6, 6.07) is 0. The first kappa shape index (κ1) is 15.7. The normalized spacial score (nSPS) is 18.6. The molecule has 0 spiro atoms. The van der Waals surface area contributed by atoms with E-state index in [1.54, 1.807) is 6.20 Å². The number of hydrogen-bond donors (Lipinski definition) is 1. The van der Waals surface area contributed by atoms with Gasteiger partial charge in [0.1, 0.15) is 0 Å². The molecule has 2 aromatic rings. The van der Waals surface area contributed by atoms with Crippen LogP contribution in [0.15, 0.2) is 16.9 Å². The Labute approximate surface area is 135 Å². The Morgan fingerprint density at radius 2 is 2.39 bits per heavy atom. The van der Waals surface area contributed by atoms with Crippen LogP contribution in [0.4, 0.5) is 0 Å². The Balaban J connectivity index is 1.57. The summed E-state index contributed by atoms with van der Waals surface area (Å²) in [6.45, 7) is 5.57. The summed E-state index contributed by atoms with van der Waals surface area (Å²) in [4.78, 5) is 18.8. The Bertz CT molecular complexity index is 635. The van der Waals surface area contributed by atoms with Crippen molar-refractivity contribution in [3.05, 3.63) is 29.7 Å². The third-order valence-corrected chi connectivity index (χ3v) is 4.28. The molecule has 0 saturated carbocycles. The molecular weight excluding hydrogens is 294 g/mol. The minimum Gasteiger partial charge on any atom is -0.342 e. The van der Waals surface area contributed by atoms with Crippen molar-refractivity contribution < 1.29 is 9.32 Å². The highest BCUT2D eigenvalue weighted by Gasteiger charge is 2.28. The van der Waals surface area contributed by atoms with Crippen molar-refractivity contribution in [3.8, 4) is 0 Å². The number of likely N-dealkylation sites (tertiary alicyclic amines) is 1. The third-order valence-electron chi connectivity index (χ3n) is 4.28. The minimum absolute atomic E-state index is 0.154. The quantitative estimate of drug-likeness (QED) is 0.914. The molecule has 0 aromatic carbocycles. The Morgan fingerprint density at radius 1 is 1.52 bits per heavy atom. The SMILES string of the molecule is CC(C)c1noc(C2CCCN(C(=O)CCc3cn[nH]c3)C2)n1. The lowest BCUT2D eigenvalue weighted by Crippen LogP contribution is -2.39. The van der Waals surface area contributed by atoms with E-state index in [2.05, 4.69) is 20.3 Å². The Kier molecular flexibility index (Phi) is 4.73. The van der Waals surface area contributed by atoms with Gasteiger partial charge in [-0.05, 0) is 24.8 Å². The summed E-state index contributed by atoms with van der Waals surface area (Å²) >= 11 is 0. The van der Waals surface area contributed by atoms with Gasteiger partial charge in [0.2, 0.25) is 11.8 Å². The highest BCUT2D eigenvalue weighted by molar-refractivity contribution is 5.76. The van der Waals surface area contributed by atoms with Crippen LogP contribution < -0.4 is 0 Å². The Hall–Kier alpha value is -2.18. The highest BCUT2D eigenvalue weighted by Crippen LogP contribution is 2.27. The third kappa shape index (κ3) is 3.78. The van der Waals surface area contributed by atoms with E-state index in [-0.39, 0.29) is 17.7 Å². The monoisotopic (exact) mass is 317 g/mol. The molecule has 1 fully saturated rings.